The van der Waals surface area contributed by atoms with Crippen LogP contribution in [0.5, 0.6) is 0 Å². The fourth-order valence-electron chi connectivity index (χ4n) is 1.72. The van der Waals surface area contributed by atoms with Crippen molar-refractivity contribution in [3.63, 3.8) is 0 Å². The Bertz CT molecular complexity index is 185. The predicted molar refractivity (Wildman–Crippen MR) is 58.2 cm³/mol. The van der Waals surface area contributed by atoms with Crippen molar-refractivity contribution >= 4 is 17.3 Å². The lowest BCUT2D eigenvalue weighted by atomic mass is 10.1. The van der Waals surface area contributed by atoms with E-state index in [1.807, 2.05) is 11.9 Å². The van der Waals surface area contributed by atoms with Crippen LogP contribution in [0.1, 0.15) is 12.8 Å². The summed E-state index contributed by atoms with van der Waals surface area (Å²) in [5, 5.41) is 0.625. The molecule has 76 valence electrons. The van der Waals surface area contributed by atoms with Crippen LogP contribution in [0.2, 0.25) is 0 Å². The van der Waals surface area contributed by atoms with Crippen molar-refractivity contribution in [2.24, 2.45) is 5.84 Å². The summed E-state index contributed by atoms with van der Waals surface area (Å²) in [4.78, 5) is 4.37. The molecular formula is C8H18N4S. The molecular weight excluding hydrogens is 184 g/mol. The summed E-state index contributed by atoms with van der Waals surface area (Å²) in [5.74, 6) is 5.27. The van der Waals surface area contributed by atoms with Gasteiger partial charge in [-0.2, -0.15) is 0 Å². The van der Waals surface area contributed by atoms with Crippen molar-refractivity contribution in [1.82, 2.24) is 15.2 Å². The number of hydrogen-bond donors (Lipinski definition) is 2. The average molecular weight is 202 g/mol. The zero-order chi connectivity index (χ0) is 9.84. The maximum atomic E-state index is 5.27. The van der Waals surface area contributed by atoms with Gasteiger partial charge < -0.3 is 15.2 Å². The summed E-state index contributed by atoms with van der Waals surface area (Å²) < 4.78 is 0. The van der Waals surface area contributed by atoms with Crippen LogP contribution in [-0.4, -0.2) is 48.1 Å². The number of likely N-dealkylation sites (N-methyl/N-ethyl adjacent to an activating group) is 2. The molecule has 1 rings (SSSR count). The van der Waals surface area contributed by atoms with Gasteiger partial charge in [0.1, 0.15) is 0 Å². The highest BCUT2D eigenvalue weighted by molar-refractivity contribution is 7.80. The molecule has 0 aromatic heterocycles. The Balaban J connectivity index is 2.45. The fourth-order valence-corrected chi connectivity index (χ4v) is 1.87. The van der Waals surface area contributed by atoms with Crippen LogP contribution in [0.4, 0.5) is 0 Å². The fraction of sp³-hybridized carbons (Fsp3) is 0.875. The summed E-state index contributed by atoms with van der Waals surface area (Å²) in [6.45, 7) is 2.26. The zero-order valence-corrected chi connectivity index (χ0v) is 9.10. The molecule has 0 aromatic rings. The van der Waals surface area contributed by atoms with E-state index in [1.165, 1.54) is 19.4 Å². The number of rotatable bonds is 1. The molecule has 0 spiro atoms. The van der Waals surface area contributed by atoms with Crippen LogP contribution in [-0.2, 0) is 0 Å². The lowest BCUT2D eigenvalue weighted by molar-refractivity contribution is 0.181. The molecule has 1 heterocycles. The molecule has 1 aliphatic rings. The van der Waals surface area contributed by atoms with Crippen LogP contribution in [0, 0.1) is 0 Å². The molecule has 13 heavy (non-hydrogen) atoms. The van der Waals surface area contributed by atoms with Crippen LogP contribution >= 0.6 is 12.2 Å². The molecule has 0 aliphatic carbocycles. The maximum Gasteiger partial charge on any atom is 0.183 e. The number of hydrazine groups is 1. The molecule has 0 bridgehead atoms. The van der Waals surface area contributed by atoms with Crippen LogP contribution < -0.4 is 11.3 Å². The Morgan fingerprint density at radius 3 is 2.92 bits per heavy atom. The Hall–Kier alpha value is -0.390. The first kappa shape index (κ1) is 10.7. The van der Waals surface area contributed by atoms with Gasteiger partial charge in [0, 0.05) is 19.6 Å². The van der Waals surface area contributed by atoms with Crippen LogP contribution in [0.25, 0.3) is 0 Å². The second-order valence-electron chi connectivity index (χ2n) is 3.62. The van der Waals surface area contributed by atoms with Crippen molar-refractivity contribution in [2.75, 3.05) is 27.2 Å². The highest BCUT2D eigenvalue weighted by atomic mass is 32.1. The summed E-state index contributed by atoms with van der Waals surface area (Å²) in [5.41, 5.74) is 2.52. The van der Waals surface area contributed by atoms with E-state index < -0.39 is 0 Å². The molecule has 0 saturated carbocycles. The van der Waals surface area contributed by atoms with E-state index in [1.54, 1.807) is 0 Å². The average Bonchev–Trinajstić information content (AvgIpc) is 2.15. The Morgan fingerprint density at radius 2 is 2.38 bits per heavy atom. The molecule has 0 amide bonds. The van der Waals surface area contributed by atoms with Gasteiger partial charge in [0.05, 0.1) is 0 Å². The monoisotopic (exact) mass is 202 g/mol. The van der Waals surface area contributed by atoms with Gasteiger partial charge in [-0.15, -0.1) is 0 Å². The minimum absolute atomic E-state index is 0.502. The maximum absolute atomic E-state index is 5.27. The first-order chi connectivity index (χ1) is 6.15. The highest BCUT2D eigenvalue weighted by Gasteiger charge is 2.21. The number of nitrogens with zero attached hydrogens (tertiary/aromatic N) is 2. The van der Waals surface area contributed by atoms with Gasteiger partial charge in [-0.3, -0.25) is 0 Å². The van der Waals surface area contributed by atoms with Gasteiger partial charge in [0.25, 0.3) is 0 Å². The second kappa shape index (κ2) is 4.74. The van der Waals surface area contributed by atoms with Crippen LogP contribution in [0.15, 0.2) is 0 Å². The number of nitrogens with one attached hydrogen (secondary N) is 1. The van der Waals surface area contributed by atoms with E-state index in [0.29, 0.717) is 11.2 Å². The quantitative estimate of drug-likeness (QED) is 0.349. The highest BCUT2D eigenvalue weighted by Crippen LogP contribution is 2.12. The molecule has 0 aromatic carbocycles. The van der Waals surface area contributed by atoms with Crippen LogP contribution in [0.3, 0.4) is 0 Å². The summed E-state index contributed by atoms with van der Waals surface area (Å²) in [7, 11) is 4.13. The molecule has 0 unspecified atom stereocenters. The van der Waals surface area contributed by atoms with Crippen molar-refractivity contribution in [1.29, 1.82) is 0 Å². The predicted octanol–water partition coefficient (Wildman–Crippen LogP) is -0.239. The smallest absolute Gasteiger partial charge is 0.183 e. The topological polar surface area (TPSA) is 44.5 Å². The zero-order valence-electron chi connectivity index (χ0n) is 8.29. The lowest BCUT2D eigenvalue weighted by Crippen LogP contribution is -2.51. The van der Waals surface area contributed by atoms with E-state index in [2.05, 4.69) is 17.4 Å². The minimum atomic E-state index is 0.502. The molecule has 4 nitrogen and oxygen atoms in total. The molecule has 1 fully saturated rings. The number of thiocarbonyl (C=S) groups is 1. The minimum Gasteiger partial charge on any atom is -0.347 e. The van der Waals surface area contributed by atoms with E-state index >= 15 is 0 Å². The second-order valence-corrected chi connectivity index (χ2v) is 4.01. The van der Waals surface area contributed by atoms with E-state index in [0.717, 1.165) is 6.54 Å². The van der Waals surface area contributed by atoms with Gasteiger partial charge in [-0.05, 0) is 38.7 Å². The van der Waals surface area contributed by atoms with Crippen molar-refractivity contribution in [2.45, 2.75) is 18.9 Å². The van der Waals surface area contributed by atoms with Gasteiger partial charge in [0.2, 0.25) is 0 Å². The van der Waals surface area contributed by atoms with E-state index in [9.17, 15) is 0 Å². The number of nitrogens with two attached hydrogens (primary N) is 1. The molecule has 3 N–H and O–H groups in total. The summed E-state index contributed by atoms with van der Waals surface area (Å²) >= 11 is 5.07. The van der Waals surface area contributed by atoms with Gasteiger partial charge in [-0.25, -0.2) is 5.84 Å². The molecule has 1 saturated heterocycles. The number of piperidine rings is 1. The number of hydrogen-bond acceptors (Lipinski definition) is 3. The van der Waals surface area contributed by atoms with Gasteiger partial charge >= 0.3 is 0 Å². The summed E-state index contributed by atoms with van der Waals surface area (Å²) in [6.07, 6.45) is 2.43. The first-order valence-electron chi connectivity index (χ1n) is 4.57. The van der Waals surface area contributed by atoms with E-state index in [4.69, 9.17) is 18.1 Å². The third kappa shape index (κ3) is 2.79. The largest absolute Gasteiger partial charge is 0.347 e. The Labute approximate surface area is 85.0 Å². The van der Waals surface area contributed by atoms with Crippen molar-refractivity contribution in [3.8, 4) is 0 Å². The van der Waals surface area contributed by atoms with Crippen molar-refractivity contribution in [3.05, 3.63) is 0 Å². The Kier molecular flexibility index (Phi) is 3.90. The summed E-state index contributed by atoms with van der Waals surface area (Å²) in [6, 6.07) is 0.502. The number of likely N-dealkylation sites (tertiary alicyclic amines) is 1. The Morgan fingerprint density at radius 1 is 1.69 bits per heavy atom. The SMILES string of the molecule is CN1CCC[C@@H](N(C)C(=S)NN)C1. The molecule has 5 heteroatoms. The van der Waals surface area contributed by atoms with E-state index in [-0.39, 0.29) is 0 Å². The standard InChI is InChI=1S/C8H18N4S/c1-11-5-3-4-7(6-11)12(2)8(13)10-9/h7H,3-6,9H2,1-2H3,(H,10,13)/t7-/m1/s1. The lowest BCUT2D eigenvalue weighted by Gasteiger charge is -2.36. The van der Waals surface area contributed by atoms with Gasteiger partial charge in [0.15, 0.2) is 5.11 Å². The third-order valence-corrected chi connectivity index (χ3v) is 3.00. The normalized spacial score (nSPS) is 24.1. The third-order valence-electron chi connectivity index (χ3n) is 2.59. The van der Waals surface area contributed by atoms with Gasteiger partial charge in [-0.1, -0.05) is 0 Å². The molecule has 1 atom stereocenters. The molecule has 0 radical (unpaired) electrons. The molecule has 1 aliphatic heterocycles. The first-order valence-corrected chi connectivity index (χ1v) is 4.98. The van der Waals surface area contributed by atoms with Crippen molar-refractivity contribution < 1.29 is 0 Å².